The van der Waals surface area contributed by atoms with Gasteiger partial charge in [-0.1, -0.05) is 17.7 Å². The van der Waals surface area contributed by atoms with Gasteiger partial charge in [-0.15, -0.1) is 0 Å². The molecule has 0 saturated carbocycles. The molecule has 0 aliphatic heterocycles. The molecule has 1 aromatic heterocycles. The Balaban J connectivity index is 2.23. The summed E-state index contributed by atoms with van der Waals surface area (Å²) in [7, 11) is 1.90. The zero-order valence-corrected chi connectivity index (χ0v) is 12.1. The van der Waals surface area contributed by atoms with Crippen molar-refractivity contribution >= 4 is 11.6 Å². The van der Waals surface area contributed by atoms with E-state index >= 15 is 0 Å². The number of ether oxygens (including phenoxy) is 1. The van der Waals surface area contributed by atoms with Crippen LogP contribution in [0.25, 0.3) is 0 Å². The second-order valence-corrected chi connectivity index (χ2v) is 5.07. The highest BCUT2D eigenvalue weighted by molar-refractivity contribution is 6.30. The summed E-state index contributed by atoms with van der Waals surface area (Å²) in [5.74, 6) is 1.47. The molecule has 0 saturated heterocycles. The summed E-state index contributed by atoms with van der Waals surface area (Å²) in [6, 6.07) is 5.95. The first kappa shape index (κ1) is 13.9. The first-order valence-corrected chi connectivity index (χ1v) is 6.63. The molecular weight excluding hydrogens is 262 g/mol. The van der Waals surface area contributed by atoms with Gasteiger partial charge in [0.05, 0.1) is 12.4 Å². The average Bonchev–Trinajstić information content (AvgIpc) is 2.81. The standard InChI is InChI=1S/C14H18ClN3O/c1-10(2)18-9-13(8-17-18)19-14-6-12(15)5-4-11(14)7-16-3/h4-6,8-10,16H,7H2,1-3H3. The maximum Gasteiger partial charge on any atom is 0.165 e. The summed E-state index contributed by atoms with van der Waals surface area (Å²) < 4.78 is 7.72. The van der Waals surface area contributed by atoms with Crippen LogP contribution in [-0.2, 0) is 6.54 Å². The first-order chi connectivity index (χ1) is 9.10. The number of hydrogen-bond donors (Lipinski definition) is 1. The van der Waals surface area contributed by atoms with Crippen molar-refractivity contribution in [1.82, 2.24) is 15.1 Å². The van der Waals surface area contributed by atoms with Crippen LogP contribution in [0.2, 0.25) is 5.02 Å². The molecule has 0 fully saturated rings. The first-order valence-electron chi connectivity index (χ1n) is 6.25. The van der Waals surface area contributed by atoms with E-state index in [4.69, 9.17) is 16.3 Å². The van der Waals surface area contributed by atoms with Crippen molar-refractivity contribution in [3.8, 4) is 11.5 Å². The summed E-state index contributed by atoms with van der Waals surface area (Å²) in [5, 5.41) is 8.02. The largest absolute Gasteiger partial charge is 0.454 e. The lowest BCUT2D eigenvalue weighted by molar-refractivity contribution is 0.469. The Hall–Kier alpha value is -1.52. The van der Waals surface area contributed by atoms with Crippen molar-refractivity contribution in [3.63, 3.8) is 0 Å². The smallest absolute Gasteiger partial charge is 0.165 e. The van der Waals surface area contributed by atoms with Crippen LogP contribution in [0, 0.1) is 0 Å². The van der Waals surface area contributed by atoms with Gasteiger partial charge in [0.25, 0.3) is 0 Å². The molecule has 0 radical (unpaired) electrons. The topological polar surface area (TPSA) is 39.1 Å². The predicted octanol–water partition coefficient (Wildman–Crippen LogP) is 3.63. The minimum Gasteiger partial charge on any atom is -0.454 e. The molecule has 1 N–H and O–H groups in total. The number of nitrogens with one attached hydrogen (secondary N) is 1. The molecule has 0 spiro atoms. The zero-order valence-electron chi connectivity index (χ0n) is 11.4. The van der Waals surface area contributed by atoms with Crippen LogP contribution in [0.15, 0.2) is 30.6 Å². The number of rotatable bonds is 5. The Morgan fingerprint density at radius 2 is 2.21 bits per heavy atom. The number of aromatic nitrogens is 2. The van der Waals surface area contributed by atoms with E-state index in [0.717, 1.165) is 17.9 Å². The Morgan fingerprint density at radius 1 is 1.42 bits per heavy atom. The molecule has 102 valence electrons. The average molecular weight is 280 g/mol. The summed E-state index contributed by atoms with van der Waals surface area (Å²) in [6.45, 7) is 4.87. The van der Waals surface area contributed by atoms with Crippen molar-refractivity contribution in [1.29, 1.82) is 0 Å². The molecule has 0 bridgehead atoms. The fourth-order valence-corrected chi connectivity index (χ4v) is 1.90. The van der Waals surface area contributed by atoms with Gasteiger partial charge in [0.2, 0.25) is 0 Å². The van der Waals surface area contributed by atoms with Crippen LogP contribution < -0.4 is 10.1 Å². The molecule has 0 amide bonds. The van der Waals surface area contributed by atoms with Gasteiger partial charge in [-0.05, 0) is 33.0 Å². The molecule has 19 heavy (non-hydrogen) atoms. The van der Waals surface area contributed by atoms with E-state index < -0.39 is 0 Å². The van der Waals surface area contributed by atoms with Crippen LogP contribution in [0.3, 0.4) is 0 Å². The molecule has 1 aromatic carbocycles. The summed E-state index contributed by atoms with van der Waals surface area (Å²) in [4.78, 5) is 0. The van der Waals surface area contributed by atoms with Gasteiger partial charge in [0.15, 0.2) is 5.75 Å². The minimum absolute atomic E-state index is 0.313. The van der Waals surface area contributed by atoms with E-state index in [-0.39, 0.29) is 0 Å². The third kappa shape index (κ3) is 3.49. The van der Waals surface area contributed by atoms with Crippen molar-refractivity contribution in [2.75, 3.05) is 7.05 Å². The molecule has 1 heterocycles. The van der Waals surface area contributed by atoms with Crippen molar-refractivity contribution in [3.05, 3.63) is 41.2 Å². The van der Waals surface area contributed by atoms with Crippen molar-refractivity contribution in [2.24, 2.45) is 0 Å². The van der Waals surface area contributed by atoms with Gasteiger partial charge in [-0.2, -0.15) is 5.10 Å². The molecule has 2 aromatic rings. The van der Waals surface area contributed by atoms with Crippen LogP contribution in [0.5, 0.6) is 11.5 Å². The molecule has 4 nitrogen and oxygen atoms in total. The number of halogens is 1. The van der Waals surface area contributed by atoms with E-state index in [1.807, 2.05) is 36.1 Å². The van der Waals surface area contributed by atoms with E-state index in [2.05, 4.69) is 24.3 Å². The van der Waals surface area contributed by atoms with Crippen LogP contribution in [-0.4, -0.2) is 16.8 Å². The molecule has 0 aliphatic rings. The zero-order chi connectivity index (χ0) is 13.8. The monoisotopic (exact) mass is 279 g/mol. The Kier molecular flexibility index (Phi) is 4.45. The molecule has 5 heteroatoms. The third-order valence-electron chi connectivity index (χ3n) is 2.73. The second-order valence-electron chi connectivity index (χ2n) is 4.63. The van der Waals surface area contributed by atoms with Crippen molar-refractivity contribution < 1.29 is 4.74 Å². The maximum absolute atomic E-state index is 6.02. The van der Waals surface area contributed by atoms with Gasteiger partial charge in [0, 0.05) is 23.2 Å². The van der Waals surface area contributed by atoms with E-state index in [0.29, 0.717) is 16.8 Å². The van der Waals surface area contributed by atoms with Gasteiger partial charge in [-0.3, -0.25) is 4.68 Å². The normalized spacial score (nSPS) is 11.0. The lowest BCUT2D eigenvalue weighted by Gasteiger charge is -2.10. The molecule has 0 atom stereocenters. The Bertz CT molecular complexity index is 551. The lowest BCUT2D eigenvalue weighted by atomic mass is 10.2. The minimum atomic E-state index is 0.313. The van der Waals surface area contributed by atoms with Gasteiger partial charge in [0.1, 0.15) is 5.75 Å². The van der Waals surface area contributed by atoms with Crippen LogP contribution >= 0.6 is 11.6 Å². The highest BCUT2D eigenvalue weighted by Crippen LogP contribution is 2.28. The number of benzene rings is 1. The summed E-state index contributed by atoms with van der Waals surface area (Å²) in [6.07, 6.45) is 3.60. The number of nitrogens with zero attached hydrogens (tertiary/aromatic N) is 2. The SMILES string of the molecule is CNCc1ccc(Cl)cc1Oc1cnn(C(C)C)c1. The fraction of sp³-hybridized carbons (Fsp3) is 0.357. The van der Waals surface area contributed by atoms with Gasteiger partial charge in [-0.25, -0.2) is 0 Å². The highest BCUT2D eigenvalue weighted by Gasteiger charge is 2.08. The van der Waals surface area contributed by atoms with Gasteiger partial charge >= 0.3 is 0 Å². The highest BCUT2D eigenvalue weighted by atomic mass is 35.5. The molecule has 2 rings (SSSR count). The van der Waals surface area contributed by atoms with E-state index in [9.17, 15) is 0 Å². The molecule has 0 aliphatic carbocycles. The van der Waals surface area contributed by atoms with Crippen LogP contribution in [0.1, 0.15) is 25.5 Å². The predicted molar refractivity (Wildman–Crippen MR) is 76.9 cm³/mol. The number of hydrogen-bond acceptors (Lipinski definition) is 3. The van der Waals surface area contributed by atoms with Crippen molar-refractivity contribution in [2.45, 2.75) is 26.4 Å². The lowest BCUT2D eigenvalue weighted by Crippen LogP contribution is -2.06. The summed E-state index contributed by atoms with van der Waals surface area (Å²) in [5.41, 5.74) is 1.06. The Labute approximate surface area is 118 Å². The molecule has 0 unspecified atom stereocenters. The van der Waals surface area contributed by atoms with Gasteiger partial charge < -0.3 is 10.1 Å². The van der Waals surface area contributed by atoms with E-state index in [1.165, 1.54) is 0 Å². The maximum atomic E-state index is 6.02. The van der Waals surface area contributed by atoms with E-state index in [1.54, 1.807) is 6.20 Å². The second kappa shape index (κ2) is 6.08. The van der Waals surface area contributed by atoms with Crippen LogP contribution in [0.4, 0.5) is 0 Å². The summed E-state index contributed by atoms with van der Waals surface area (Å²) >= 11 is 6.02. The Morgan fingerprint density at radius 3 is 2.84 bits per heavy atom. The molecular formula is C14H18ClN3O. The fourth-order valence-electron chi connectivity index (χ4n) is 1.74. The third-order valence-corrected chi connectivity index (χ3v) is 2.97. The quantitative estimate of drug-likeness (QED) is 0.908.